The zero-order chi connectivity index (χ0) is 34.5. The van der Waals surface area contributed by atoms with Gasteiger partial charge < -0.3 is 10.1 Å². The molecule has 20 heteroatoms. The minimum atomic E-state index is -8.63. The molecule has 0 spiro atoms. The van der Waals surface area contributed by atoms with Crippen LogP contribution >= 0.6 is 0 Å². The molecular weight excluding hydrogens is 657 g/mol. The average molecular weight is 681 g/mol. The van der Waals surface area contributed by atoms with Crippen LogP contribution in [0.4, 0.5) is 74.6 Å². The van der Waals surface area contributed by atoms with Crippen molar-refractivity contribution in [3.63, 3.8) is 0 Å². The largest absolute Gasteiger partial charge is 0.460 e. The molecule has 3 nitrogen and oxygen atoms in total. The van der Waals surface area contributed by atoms with Gasteiger partial charge in [0.15, 0.2) is 0 Å². The number of amides is 1. The van der Waals surface area contributed by atoms with Gasteiger partial charge in [0.25, 0.3) is 0 Å². The fourth-order valence-corrected chi connectivity index (χ4v) is 3.45. The Labute approximate surface area is 238 Å². The molecule has 0 fully saturated rings. The van der Waals surface area contributed by atoms with Gasteiger partial charge in [-0.1, -0.05) is 43.2 Å². The van der Waals surface area contributed by atoms with Crippen LogP contribution in [0.1, 0.15) is 44.1 Å². The molecule has 1 aromatic rings. The summed E-state index contributed by atoms with van der Waals surface area (Å²) in [5, 5.41) is 2.41. The number of alkyl halides is 17. The van der Waals surface area contributed by atoms with Gasteiger partial charge in [0.1, 0.15) is 0 Å². The lowest BCUT2D eigenvalue weighted by Gasteiger charge is -2.42. The Balaban J connectivity index is 2.69. The van der Waals surface area contributed by atoms with E-state index in [0.29, 0.717) is 0 Å². The van der Waals surface area contributed by atoms with E-state index in [2.05, 4.69) is 5.32 Å². The lowest BCUT2D eigenvalue weighted by atomic mass is 9.87. The van der Waals surface area contributed by atoms with Crippen LogP contribution in [-0.4, -0.2) is 66.7 Å². The number of rotatable bonds is 18. The first-order chi connectivity index (χ1) is 19.7. The van der Waals surface area contributed by atoms with E-state index in [1.165, 1.54) is 0 Å². The predicted molar refractivity (Wildman–Crippen MR) is 117 cm³/mol. The lowest BCUT2D eigenvalue weighted by molar-refractivity contribution is -0.461. The second-order valence-electron chi connectivity index (χ2n) is 9.45. The van der Waals surface area contributed by atoms with Crippen LogP contribution in [0.15, 0.2) is 30.3 Å². The monoisotopic (exact) mass is 681 g/mol. The van der Waals surface area contributed by atoms with E-state index < -0.39 is 72.8 Å². The first-order valence-electron chi connectivity index (χ1n) is 12.3. The molecule has 1 amide bonds. The van der Waals surface area contributed by atoms with Crippen molar-refractivity contribution in [2.75, 3.05) is 13.2 Å². The summed E-state index contributed by atoms with van der Waals surface area (Å²) in [4.78, 5) is 11.7. The highest BCUT2D eigenvalue weighted by Gasteiger charge is 2.95. The van der Waals surface area contributed by atoms with E-state index in [1.807, 2.05) is 0 Å². The summed E-state index contributed by atoms with van der Waals surface area (Å²) >= 11 is 0. The fourth-order valence-electron chi connectivity index (χ4n) is 3.45. The molecule has 0 bridgehead atoms. The molecule has 44 heavy (non-hydrogen) atoms. The topological polar surface area (TPSA) is 38.3 Å². The summed E-state index contributed by atoms with van der Waals surface area (Å²) < 4.78 is 231. The summed E-state index contributed by atoms with van der Waals surface area (Å²) in [6.45, 7) is 0.402. The number of hydrogen-bond acceptors (Lipinski definition) is 2. The van der Waals surface area contributed by atoms with Crippen molar-refractivity contribution < 1.29 is 84.2 Å². The molecule has 256 valence electrons. The van der Waals surface area contributed by atoms with Gasteiger partial charge in [0.05, 0.1) is 13.2 Å². The molecular formula is C24H24F17NO2. The molecule has 0 aliphatic heterocycles. The third-order valence-electron chi connectivity index (χ3n) is 6.11. The zero-order valence-corrected chi connectivity index (χ0v) is 22.0. The standard InChI is InChI=1S/C24H24F17NO2/c25-17(26,11-7-2-1-6-10-16(43)42-12-13-44-14-15-8-4-3-5-9-15)18(27,28)19(29,30)20(31,32)21(33,34)22(35,36)23(37,38)24(39,40)41/h3-5,8-9H,1-2,6-7,10-14H2,(H,42,43). The van der Waals surface area contributed by atoms with E-state index >= 15 is 0 Å². The van der Waals surface area contributed by atoms with Gasteiger partial charge >= 0.3 is 47.6 Å². The van der Waals surface area contributed by atoms with E-state index in [9.17, 15) is 79.4 Å². The van der Waals surface area contributed by atoms with Crippen LogP contribution in [0.3, 0.4) is 0 Å². The average Bonchev–Trinajstić information content (AvgIpc) is 2.89. The zero-order valence-electron chi connectivity index (χ0n) is 22.0. The van der Waals surface area contributed by atoms with Crippen molar-refractivity contribution in [3.8, 4) is 0 Å². The highest BCUT2D eigenvalue weighted by Crippen LogP contribution is 2.64. The number of unbranched alkanes of at least 4 members (excludes halogenated alkanes) is 3. The summed E-state index contributed by atoms with van der Waals surface area (Å²) in [5.41, 5.74) is 0.852. The van der Waals surface area contributed by atoms with Crippen LogP contribution in [0.5, 0.6) is 0 Å². The van der Waals surface area contributed by atoms with E-state index in [4.69, 9.17) is 4.74 Å². The summed E-state index contributed by atoms with van der Waals surface area (Å²) in [6.07, 6.45) is -12.6. The van der Waals surface area contributed by atoms with Crippen LogP contribution in [-0.2, 0) is 16.1 Å². The molecule has 1 aromatic carbocycles. The maximum Gasteiger partial charge on any atom is 0.460 e. The van der Waals surface area contributed by atoms with Crippen LogP contribution in [0, 0.1) is 0 Å². The molecule has 1 rings (SSSR count). The van der Waals surface area contributed by atoms with Crippen LogP contribution in [0.25, 0.3) is 0 Å². The molecule has 0 radical (unpaired) electrons. The molecule has 0 aromatic heterocycles. The van der Waals surface area contributed by atoms with Gasteiger partial charge in [0, 0.05) is 19.4 Å². The smallest absolute Gasteiger partial charge is 0.375 e. The third kappa shape index (κ3) is 7.81. The minimum absolute atomic E-state index is 0.0602. The summed E-state index contributed by atoms with van der Waals surface area (Å²) in [7, 11) is 0. The number of hydrogen-bond donors (Lipinski definition) is 1. The molecule has 0 heterocycles. The number of ether oxygens (including phenoxy) is 1. The van der Waals surface area contributed by atoms with E-state index in [1.54, 1.807) is 30.3 Å². The van der Waals surface area contributed by atoms with Crippen molar-refractivity contribution in [2.45, 2.75) is 92.8 Å². The Kier molecular flexibility index (Phi) is 12.4. The second kappa shape index (κ2) is 13.8. The predicted octanol–water partition coefficient (Wildman–Crippen LogP) is 8.67. The molecule has 0 aliphatic carbocycles. The third-order valence-corrected chi connectivity index (χ3v) is 6.11. The Hall–Kier alpha value is -2.54. The SMILES string of the molecule is O=C(CCCCCCC(F)(F)C(F)(F)C(F)(F)C(F)(F)C(F)(F)C(F)(F)C(F)(F)C(F)(F)F)NCCOCc1ccccc1. The Morgan fingerprint density at radius 3 is 1.55 bits per heavy atom. The Morgan fingerprint density at radius 1 is 0.591 bits per heavy atom. The van der Waals surface area contributed by atoms with Crippen LogP contribution < -0.4 is 5.32 Å². The highest BCUT2D eigenvalue weighted by atomic mass is 19.4. The second-order valence-corrected chi connectivity index (χ2v) is 9.45. The van der Waals surface area contributed by atoms with Crippen molar-refractivity contribution in [3.05, 3.63) is 35.9 Å². The Morgan fingerprint density at radius 2 is 1.05 bits per heavy atom. The van der Waals surface area contributed by atoms with Gasteiger partial charge in [-0.15, -0.1) is 0 Å². The van der Waals surface area contributed by atoms with Crippen molar-refractivity contribution in [2.24, 2.45) is 0 Å². The molecule has 0 saturated carbocycles. The van der Waals surface area contributed by atoms with Gasteiger partial charge in [0.2, 0.25) is 5.91 Å². The maximum atomic E-state index is 13.9. The summed E-state index contributed by atoms with van der Waals surface area (Å²) in [6, 6.07) is 8.88. The maximum absolute atomic E-state index is 13.9. The van der Waals surface area contributed by atoms with Crippen molar-refractivity contribution >= 4 is 5.91 Å². The number of nitrogens with one attached hydrogen (secondary N) is 1. The van der Waals surface area contributed by atoms with Gasteiger partial charge in [-0.05, 0) is 18.4 Å². The number of carbonyl (C=O) groups is 1. The first-order valence-corrected chi connectivity index (χ1v) is 12.3. The molecule has 0 unspecified atom stereocenters. The normalized spacial score (nSPS) is 14.6. The minimum Gasteiger partial charge on any atom is -0.375 e. The fraction of sp³-hybridized carbons (Fsp3) is 0.708. The number of benzene rings is 1. The molecule has 0 atom stereocenters. The molecule has 0 saturated heterocycles. The lowest BCUT2D eigenvalue weighted by Crippen LogP contribution is -2.74. The number of halogens is 17. The van der Waals surface area contributed by atoms with Crippen LogP contribution in [0.2, 0.25) is 0 Å². The first kappa shape index (κ1) is 39.5. The molecule has 1 N–H and O–H groups in total. The van der Waals surface area contributed by atoms with Gasteiger partial charge in [-0.25, -0.2) is 0 Å². The van der Waals surface area contributed by atoms with Gasteiger partial charge in [-0.3, -0.25) is 4.79 Å². The highest BCUT2D eigenvalue weighted by molar-refractivity contribution is 5.75. The van der Waals surface area contributed by atoms with E-state index in [0.717, 1.165) is 5.56 Å². The van der Waals surface area contributed by atoms with Gasteiger partial charge in [-0.2, -0.15) is 74.6 Å². The Bertz CT molecular complexity index is 1060. The van der Waals surface area contributed by atoms with Crippen molar-refractivity contribution in [1.82, 2.24) is 5.32 Å². The summed E-state index contributed by atoms with van der Waals surface area (Å²) in [5.74, 6) is -56.8. The number of carbonyl (C=O) groups excluding carboxylic acids is 1. The van der Waals surface area contributed by atoms with E-state index in [-0.39, 0.29) is 39.0 Å². The quantitative estimate of drug-likeness (QED) is 0.125. The molecule has 0 aliphatic rings. The van der Waals surface area contributed by atoms with Crippen molar-refractivity contribution in [1.29, 1.82) is 0 Å².